The molecule has 0 radical (unpaired) electrons. The van der Waals surface area contributed by atoms with Crippen LogP contribution in [0.15, 0.2) is 28.7 Å². The van der Waals surface area contributed by atoms with Crippen LogP contribution in [0.5, 0.6) is 5.75 Å². The van der Waals surface area contributed by atoms with Crippen molar-refractivity contribution in [1.29, 1.82) is 5.26 Å². The summed E-state index contributed by atoms with van der Waals surface area (Å²) < 4.78 is 6.38. The Morgan fingerprint density at radius 2 is 2.25 bits per heavy atom. The molecule has 0 aliphatic rings. The number of ether oxygens (including phenoxy) is 1. The Kier molecular flexibility index (Phi) is 5.78. The Hall–Kier alpha value is -1.80. The van der Waals surface area contributed by atoms with Crippen LogP contribution in [-0.4, -0.2) is 17.7 Å². The summed E-state index contributed by atoms with van der Waals surface area (Å²) in [5.41, 5.74) is 0.311. The highest BCUT2D eigenvalue weighted by molar-refractivity contribution is 9.10. The second-order valence-corrected chi connectivity index (χ2v) is 5.80. The Bertz CT molecular complexity index is 559. The summed E-state index contributed by atoms with van der Waals surface area (Å²) in [5.74, 6) is -0.356. The quantitative estimate of drug-likeness (QED) is 0.800. The number of carbonyl (C=O) groups is 1. The minimum absolute atomic E-state index is 0.415. The Labute approximate surface area is 126 Å². The summed E-state index contributed by atoms with van der Waals surface area (Å²) in [7, 11) is 0. The van der Waals surface area contributed by atoms with Gasteiger partial charge in [-0.05, 0) is 50.1 Å². The molecule has 0 aliphatic heterocycles. The van der Waals surface area contributed by atoms with Crippen molar-refractivity contribution in [3.8, 4) is 11.8 Å². The summed E-state index contributed by atoms with van der Waals surface area (Å²) >= 11 is 3.35. The van der Waals surface area contributed by atoms with E-state index in [1.165, 1.54) is 6.08 Å². The van der Waals surface area contributed by atoms with Gasteiger partial charge in [-0.3, -0.25) is 0 Å². The molecule has 1 N–H and O–H groups in total. The SMILES string of the molecule is CC(C)(C#N)CCOc1ccc(Br)c(/C=C/C(=O)O)c1. The van der Waals surface area contributed by atoms with E-state index in [1.54, 1.807) is 18.2 Å². The highest BCUT2D eigenvalue weighted by Gasteiger charge is 2.16. The van der Waals surface area contributed by atoms with Gasteiger partial charge >= 0.3 is 5.97 Å². The number of hydrogen-bond donors (Lipinski definition) is 1. The molecule has 0 unspecified atom stereocenters. The number of aliphatic carboxylic acids is 1. The zero-order valence-corrected chi connectivity index (χ0v) is 13.0. The van der Waals surface area contributed by atoms with Crippen LogP contribution in [0.4, 0.5) is 0 Å². The molecule has 1 aromatic carbocycles. The van der Waals surface area contributed by atoms with Crippen LogP contribution in [0.3, 0.4) is 0 Å². The molecule has 4 nitrogen and oxygen atoms in total. The lowest BCUT2D eigenvalue weighted by Gasteiger charge is -2.15. The molecule has 0 fully saturated rings. The lowest BCUT2D eigenvalue weighted by molar-refractivity contribution is -0.131. The molecule has 106 valence electrons. The van der Waals surface area contributed by atoms with Crippen LogP contribution < -0.4 is 4.74 Å². The zero-order valence-electron chi connectivity index (χ0n) is 11.4. The van der Waals surface area contributed by atoms with Crippen LogP contribution in [-0.2, 0) is 4.79 Å². The van der Waals surface area contributed by atoms with Gasteiger partial charge in [0.15, 0.2) is 0 Å². The molecule has 5 heteroatoms. The number of nitrogens with zero attached hydrogens (tertiary/aromatic N) is 1. The first kappa shape index (κ1) is 16.3. The van der Waals surface area contributed by atoms with Gasteiger partial charge in [-0.1, -0.05) is 15.9 Å². The van der Waals surface area contributed by atoms with E-state index in [2.05, 4.69) is 22.0 Å². The van der Waals surface area contributed by atoms with E-state index in [0.29, 0.717) is 18.8 Å². The van der Waals surface area contributed by atoms with E-state index >= 15 is 0 Å². The Balaban J connectivity index is 2.71. The third-order valence-corrected chi connectivity index (χ3v) is 3.39. The number of rotatable bonds is 6. The van der Waals surface area contributed by atoms with Gasteiger partial charge in [-0.25, -0.2) is 4.79 Å². The monoisotopic (exact) mass is 337 g/mol. The van der Waals surface area contributed by atoms with Crippen LogP contribution in [0.1, 0.15) is 25.8 Å². The molecule has 1 aromatic rings. The maximum Gasteiger partial charge on any atom is 0.328 e. The van der Waals surface area contributed by atoms with Crippen LogP contribution >= 0.6 is 15.9 Å². The van der Waals surface area contributed by atoms with Gasteiger partial charge < -0.3 is 9.84 Å². The topological polar surface area (TPSA) is 70.3 Å². The van der Waals surface area contributed by atoms with Gasteiger partial charge in [0.25, 0.3) is 0 Å². The van der Waals surface area contributed by atoms with Crippen molar-refractivity contribution in [3.05, 3.63) is 34.3 Å². The average Bonchev–Trinajstić information content (AvgIpc) is 2.39. The molecular formula is C15H16BrNO3. The fourth-order valence-electron chi connectivity index (χ4n) is 1.38. The van der Waals surface area contributed by atoms with Crippen molar-refractivity contribution in [1.82, 2.24) is 0 Å². The van der Waals surface area contributed by atoms with Crippen molar-refractivity contribution in [2.24, 2.45) is 5.41 Å². The standard InChI is InChI=1S/C15H16BrNO3/c1-15(2,10-17)7-8-20-12-4-5-13(16)11(9-12)3-6-14(18)19/h3-6,9H,7-8H2,1-2H3,(H,18,19)/b6-3+. The van der Waals surface area contributed by atoms with Crippen LogP contribution in [0.25, 0.3) is 6.08 Å². The Morgan fingerprint density at radius 3 is 2.85 bits per heavy atom. The number of carboxylic acid groups (broad SMARTS) is 1. The molecule has 0 atom stereocenters. The zero-order chi connectivity index (χ0) is 15.2. The highest BCUT2D eigenvalue weighted by atomic mass is 79.9. The summed E-state index contributed by atoms with van der Waals surface area (Å²) in [6.45, 7) is 4.15. The third kappa shape index (κ3) is 5.45. The number of hydrogen-bond acceptors (Lipinski definition) is 3. The molecule has 0 bridgehead atoms. The summed E-state index contributed by atoms with van der Waals surface area (Å²) in [6.07, 6.45) is 3.20. The molecule has 0 amide bonds. The van der Waals surface area contributed by atoms with Gasteiger partial charge in [0, 0.05) is 10.5 Å². The maximum absolute atomic E-state index is 10.5. The summed E-state index contributed by atoms with van der Waals surface area (Å²) in [6, 6.07) is 7.56. The minimum Gasteiger partial charge on any atom is -0.494 e. The molecule has 0 aliphatic carbocycles. The average molecular weight is 338 g/mol. The van der Waals surface area contributed by atoms with Gasteiger partial charge in [0.2, 0.25) is 0 Å². The molecule has 0 saturated carbocycles. The van der Waals surface area contributed by atoms with Gasteiger partial charge in [0.05, 0.1) is 18.1 Å². The Morgan fingerprint density at radius 1 is 1.55 bits per heavy atom. The van der Waals surface area contributed by atoms with Gasteiger partial charge in [0.1, 0.15) is 5.75 Å². The molecule has 20 heavy (non-hydrogen) atoms. The van der Waals surface area contributed by atoms with E-state index in [4.69, 9.17) is 15.1 Å². The van der Waals surface area contributed by atoms with E-state index in [1.807, 2.05) is 13.8 Å². The normalized spacial score (nSPS) is 11.3. The van der Waals surface area contributed by atoms with E-state index in [9.17, 15) is 4.79 Å². The summed E-state index contributed by atoms with van der Waals surface area (Å²) in [4.78, 5) is 10.5. The fourth-order valence-corrected chi connectivity index (χ4v) is 1.76. The first-order valence-corrected chi connectivity index (χ1v) is 6.88. The second-order valence-electron chi connectivity index (χ2n) is 4.95. The third-order valence-electron chi connectivity index (χ3n) is 2.67. The maximum atomic E-state index is 10.5. The van der Waals surface area contributed by atoms with E-state index in [0.717, 1.165) is 16.1 Å². The molecule has 0 saturated heterocycles. The largest absolute Gasteiger partial charge is 0.494 e. The molecular weight excluding hydrogens is 322 g/mol. The first-order valence-electron chi connectivity index (χ1n) is 6.09. The van der Waals surface area contributed by atoms with Crippen molar-refractivity contribution >= 4 is 28.0 Å². The lowest BCUT2D eigenvalue weighted by Crippen LogP contribution is -2.13. The summed E-state index contributed by atoms with van der Waals surface area (Å²) in [5, 5.41) is 17.5. The molecule has 1 rings (SSSR count). The van der Waals surface area contributed by atoms with Crippen molar-refractivity contribution in [3.63, 3.8) is 0 Å². The second kappa shape index (κ2) is 7.11. The first-order chi connectivity index (χ1) is 9.34. The minimum atomic E-state index is -1.00. The van der Waals surface area contributed by atoms with Crippen LogP contribution in [0.2, 0.25) is 0 Å². The van der Waals surface area contributed by atoms with Crippen molar-refractivity contribution < 1.29 is 14.6 Å². The number of nitriles is 1. The predicted molar refractivity (Wildman–Crippen MR) is 80.3 cm³/mol. The number of carboxylic acids is 1. The molecule has 0 spiro atoms. The molecule has 0 aromatic heterocycles. The smallest absolute Gasteiger partial charge is 0.328 e. The lowest BCUT2D eigenvalue weighted by atomic mass is 9.92. The fraction of sp³-hybridized carbons (Fsp3) is 0.333. The predicted octanol–water partition coefficient (Wildman–Crippen LogP) is 3.87. The number of halogens is 1. The molecule has 0 heterocycles. The van der Waals surface area contributed by atoms with E-state index < -0.39 is 11.4 Å². The van der Waals surface area contributed by atoms with Crippen molar-refractivity contribution in [2.45, 2.75) is 20.3 Å². The van der Waals surface area contributed by atoms with Crippen molar-refractivity contribution in [2.75, 3.05) is 6.61 Å². The van der Waals surface area contributed by atoms with Gasteiger partial charge in [-0.15, -0.1) is 0 Å². The number of benzene rings is 1. The van der Waals surface area contributed by atoms with E-state index in [-0.39, 0.29) is 0 Å². The van der Waals surface area contributed by atoms with Crippen LogP contribution in [0, 0.1) is 16.7 Å². The van der Waals surface area contributed by atoms with Gasteiger partial charge in [-0.2, -0.15) is 5.26 Å². The highest BCUT2D eigenvalue weighted by Crippen LogP contribution is 2.25.